The van der Waals surface area contributed by atoms with Crippen LogP contribution >= 0.6 is 30.4 Å². The van der Waals surface area contributed by atoms with Crippen LogP contribution in [0, 0.1) is 0 Å². The van der Waals surface area contributed by atoms with Gasteiger partial charge < -0.3 is 48.9 Å². The lowest BCUT2D eigenvalue weighted by Gasteiger charge is -2.23. The quantitative estimate of drug-likeness (QED) is 0.156. The number of imidazole rings is 1. The van der Waals surface area contributed by atoms with Gasteiger partial charge in [-0.1, -0.05) is 0 Å². The fourth-order valence-electron chi connectivity index (χ4n) is 3.23. The van der Waals surface area contributed by atoms with Crippen molar-refractivity contribution in [1.82, 2.24) is 19.5 Å². The second kappa shape index (κ2) is 9.88. The molecule has 0 bridgehead atoms. The standard InChI is InChI=1S/C12H21N5O14P4/c13-12-15-10-9(11(18)16-12)14-3-17(10)8-1-6(31-35(27,28)5-33(22,23)24)7(30-8)2-29-34(25,26)4-32(19,20)21/h3,6-8H,1-2,4-5H2,(H,25,26)(H,27,28)(H2,19,20,21)(H2,22,23,24)(H3,13,15,16,18). The molecule has 0 radical (unpaired) electrons. The number of fused-ring (bicyclic) bond motifs is 1. The molecule has 198 valence electrons. The zero-order valence-corrected chi connectivity index (χ0v) is 20.9. The monoisotopic (exact) mass is 583 g/mol. The Morgan fingerprint density at radius 2 is 1.69 bits per heavy atom. The highest BCUT2D eigenvalue weighted by molar-refractivity contribution is 7.70. The SMILES string of the molecule is Nc1nc2c(ncn2C2CC(OP(=O)(O)CP(=O)(O)O)C(COP(=O)(O)CP(=O)(O)O)O2)c(=O)[nH]1. The maximum atomic E-state index is 12.3. The molecule has 0 amide bonds. The Bertz CT molecular complexity index is 1350. The third-order valence-electron chi connectivity index (χ3n) is 4.41. The first-order valence-corrected chi connectivity index (χ1v) is 16.4. The number of nitrogen functional groups attached to an aromatic ring is 1. The van der Waals surface area contributed by atoms with E-state index >= 15 is 0 Å². The Hall–Kier alpha value is -1.29. The van der Waals surface area contributed by atoms with E-state index in [0.717, 1.165) is 6.33 Å². The molecule has 1 aliphatic rings. The van der Waals surface area contributed by atoms with Crippen LogP contribution < -0.4 is 11.3 Å². The first kappa shape index (κ1) is 28.3. The van der Waals surface area contributed by atoms with E-state index in [-0.39, 0.29) is 23.5 Å². The van der Waals surface area contributed by atoms with E-state index in [9.17, 15) is 32.8 Å². The van der Waals surface area contributed by atoms with E-state index in [4.69, 9.17) is 39.1 Å². The van der Waals surface area contributed by atoms with Crippen LogP contribution in [0.3, 0.4) is 0 Å². The maximum Gasteiger partial charge on any atom is 0.340 e. The van der Waals surface area contributed by atoms with Gasteiger partial charge in [-0.25, -0.2) is 4.98 Å². The lowest BCUT2D eigenvalue weighted by Crippen LogP contribution is -2.28. The Kier molecular flexibility index (Phi) is 7.98. The number of H-pyrrole nitrogens is 1. The second-order valence-electron chi connectivity index (χ2n) is 7.47. The molecule has 1 saturated heterocycles. The van der Waals surface area contributed by atoms with E-state index in [1.807, 2.05) is 0 Å². The number of aromatic nitrogens is 4. The zero-order chi connectivity index (χ0) is 26.4. The summed E-state index contributed by atoms with van der Waals surface area (Å²) in [6, 6.07) is 0. The summed E-state index contributed by atoms with van der Waals surface area (Å²) in [4.78, 5) is 77.5. The molecule has 5 unspecified atom stereocenters. The number of aromatic amines is 1. The molecule has 23 heteroatoms. The minimum absolute atomic E-state index is 0.0618. The molecule has 3 rings (SSSR count). The van der Waals surface area contributed by atoms with Crippen LogP contribution in [0.2, 0.25) is 0 Å². The van der Waals surface area contributed by atoms with E-state index in [1.54, 1.807) is 0 Å². The average molecular weight is 583 g/mol. The van der Waals surface area contributed by atoms with Crippen molar-refractivity contribution in [2.24, 2.45) is 0 Å². The van der Waals surface area contributed by atoms with E-state index in [2.05, 4.69) is 15.0 Å². The van der Waals surface area contributed by atoms with Crippen LogP contribution in [0.15, 0.2) is 11.1 Å². The number of rotatable bonds is 10. The van der Waals surface area contributed by atoms with Crippen molar-refractivity contribution in [3.8, 4) is 0 Å². The smallest absolute Gasteiger partial charge is 0.340 e. The third kappa shape index (κ3) is 7.84. The zero-order valence-electron chi connectivity index (χ0n) is 17.3. The number of hydrogen-bond donors (Lipinski definition) is 8. The van der Waals surface area contributed by atoms with Crippen LogP contribution in [-0.4, -0.2) is 79.5 Å². The summed E-state index contributed by atoms with van der Waals surface area (Å²) in [7, 11) is -19.7. The highest BCUT2D eigenvalue weighted by Crippen LogP contribution is 2.58. The molecule has 2 aromatic heterocycles. The summed E-state index contributed by atoms with van der Waals surface area (Å²) in [5, 5.41) is 0. The Morgan fingerprint density at radius 1 is 1.09 bits per heavy atom. The van der Waals surface area contributed by atoms with Gasteiger partial charge in [-0.05, 0) is 0 Å². The molecule has 5 atom stereocenters. The summed E-state index contributed by atoms with van der Waals surface area (Å²) >= 11 is 0. The van der Waals surface area contributed by atoms with E-state index in [0.29, 0.717) is 0 Å². The van der Waals surface area contributed by atoms with Gasteiger partial charge in [0.1, 0.15) is 12.3 Å². The van der Waals surface area contributed by atoms with Gasteiger partial charge >= 0.3 is 30.4 Å². The molecule has 0 saturated carbocycles. The maximum absolute atomic E-state index is 12.3. The molecular formula is C12H21N5O14P4. The first-order chi connectivity index (χ1) is 15.8. The largest absolute Gasteiger partial charge is 0.369 e. The lowest BCUT2D eigenvalue weighted by atomic mass is 10.2. The number of anilines is 1. The Balaban J connectivity index is 1.88. The van der Waals surface area contributed by atoms with Gasteiger partial charge in [0.05, 0.1) is 19.0 Å². The van der Waals surface area contributed by atoms with Crippen molar-refractivity contribution in [1.29, 1.82) is 0 Å². The fourth-order valence-corrected chi connectivity index (χ4v) is 8.57. The molecule has 1 fully saturated rings. The summed E-state index contributed by atoms with van der Waals surface area (Å²) in [6.07, 6.45) is -3.29. The summed E-state index contributed by atoms with van der Waals surface area (Å²) < 4.78 is 63.0. The van der Waals surface area contributed by atoms with Crippen molar-refractivity contribution in [2.75, 3.05) is 24.1 Å². The minimum Gasteiger partial charge on any atom is -0.369 e. The van der Waals surface area contributed by atoms with Gasteiger partial charge in [0.25, 0.3) is 5.56 Å². The van der Waals surface area contributed by atoms with E-state index in [1.165, 1.54) is 4.57 Å². The molecule has 19 nitrogen and oxygen atoms in total. The van der Waals surface area contributed by atoms with Gasteiger partial charge in [-0.2, -0.15) is 4.98 Å². The Labute approximate surface area is 194 Å². The predicted octanol–water partition coefficient (Wildman–Crippen LogP) is -0.968. The molecule has 1 aliphatic heterocycles. The number of nitrogens with zero attached hydrogens (tertiary/aromatic N) is 3. The van der Waals surface area contributed by atoms with Crippen molar-refractivity contribution in [2.45, 2.75) is 24.9 Å². The van der Waals surface area contributed by atoms with Crippen LogP contribution in [0.5, 0.6) is 0 Å². The minimum atomic E-state index is -4.99. The average Bonchev–Trinajstić information content (AvgIpc) is 3.19. The molecule has 2 aromatic rings. The van der Waals surface area contributed by atoms with Gasteiger partial charge in [0, 0.05) is 6.42 Å². The Morgan fingerprint density at radius 3 is 2.29 bits per heavy atom. The van der Waals surface area contributed by atoms with Crippen molar-refractivity contribution < 1.29 is 61.4 Å². The number of nitrogens with one attached hydrogen (secondary N) is 1. The van der Waals surface area contributed by atoms with Crippen LogP contribution in [0.1, 0.15) is 12.6 Å². The number of ether oxygens (including phenoxy) is 1. The lowest BCUT2D eigenvalue weighted by molar-refractivity contribution is -0.0366. The highest BCUT2D eigenvalue weighted by atomic mass is 31.2. The molecule has 35 heavy (non-hydrogen) atoms. The number of nitrogens with two attached hydrogens (primary N) is 1. The van der Waals surface area contributed by atoms with Gasteiger partial charge in [0.2, 0.25) is 5.95 Å². The van der Waals surface area contributed by atoms with Crippen molar-refractivity contribution in [3.05, 3.63) is 16.7 Å². The van der Waals surface area contributed by atoms with Gasteiger partial charge in [-0.3, -0.25) is 32.6 Å². The first-order valence-electron chi connectivity index (χ1n) is 9.28. The normalized spacial score (nSPS) is 24.9. The van der Waals surface area contributed by atoms with Gasteiger partial charge in [-0.15, -0.1) is 0 Å². The van der Waals surface area contributed by atoms with Crippen LogP contribution in [0.25, 0.3) is 11.2 Å². The molecule has 0 spiro atoms. The molecule has 0 aliphatic carbocycles. The number of hydrogen-bond acceptors (Lipinski definition) is 11. The highest BCUT2D eigenvalue weighted by Gasteiger charge is 2.44. The predicted molar refractivity (Wildman–Crippen MR) is 115 cm³/mol. The van der Waals surface area contributed by atoms with Crippen LogP contribution in [0.4, 0.5) is 5.95 Å². The molecule has 9 N–H and O–H groups in total. The molecular weight excluding hydrogens is 562 g/mol. The van der Waals surface area contributed by atoms with Gasteiger partial charge in [0.15, 0.2) is 23.0 Å². The topological polar surface area (TPSA) is 307 Å². The molecule has 3 heterocycles. The van der Waals surface area contributed by atoms with E-state index < -0.39 is 72.8 Å². The molecule has 0 aromatic carbocycles. The third-order valence-corrected chi connectivity index (χ3v) is 11.4. The fraction of sp³-hybridized carbons (Fsp3) is 0.583. The summed E-state index contributed by atoms with van der Waals surface area (Å²) in [5.41, 5.74) is 4.65. The van der Waals surface area contributed by atoms with Crippen LogP contribution in [-0.2, 0) is 32.0 Å². The van der Waals surface area contributed by atoms with Crippen molar-refractivity contribution in [3.63, 3.8) is 0 Å². The summed E-state index contributed by atoms with van der Waals surface area (Å²) in [5.74, 6) is -3.32. The summed E-state index contributed by atoms with van der Waals surface area (Å²) in [6.45, 7) is -0.881. The second-order valence-corrected chi connectivity index (χ2v) is 15.4. The van der Waals surface area contributed by atoms with Crippen molar-refractivity contribution >= 4 is 47.5 Å².